The molecule has 1 heterocycles. The highest BCUT2D eigenvalue weighted by molar-refractivity contribution is 6.33. The molecule has 0 bridgehead atoms. The lowest BCUT2D eigenvalue weighted by atomic mass is 10.2. The van der Waals surface area contributed by atoms with Gasteiger partial charge in [0.15, 0.2) is 5.82 Å². The van der Waals surface area contributed by atoms with Gasteiger partial charge in [-0.1, -0.05) is 41.4 Å². The molecule has 0 spiro atoms. The topological polar surface area (TPSA) is 98.9 Å². The number of rotatable bonds is 6. The minimum atomic E-state index is -0.571. The summed E-state index contributed by atoms with van der Waals surface area (Å²) in [6.45, 7) is 0. The summed E-state index contributed by atoms with van der Waals surface area (Å²) in [4.78, 5) is 12.9. The maximum absolute atomic E-state index is 14.5. The Morgan fingerprint density at radius 2 is 1.64 bits per heavy atom. The molecule has 10 heteroatoms. The maximum Gasteiger partial charge on any atom is 0.248 e. The van der Waals surface area contributed by atoms with Crippen molar-refractivity contribution in [2.24, 2.45) is 5.10 Å². The SMILES string of the molecule is N#Cc1ccc(/C=N/Nc2nc(Nc3ccc(Cl)cc3)nc(-c3c(F)cccc3Cl)n2)cc1. The second kappa shape index (κ2) is 10.0. The third-order valence-corrected chi connectivity index (χ3v) is 4.91. The van der Waals surface area contributed by atoms with Gasteiger partial charge in [0, 0.05) is 10.7 Å². The summed E-state index contributed by atoms with van der Waals surface area (Å²) in [7, 11) is 0. The summed E-state index contributed by atoms with van der Waals surface area (Å²) in [5.74, 6) is -0.322. The van der Waals surface area contributed by atoms with Crippen LogP contribution in [0, 0.1) is 17.1 Å². The zero-order chi connectivity index (χ0) is 23.2. The van der Waals surface area contributed by atoms with Crippen LogP contribution in [-0.4, -0.2) is 21.2 Å². The first-order valence-electron chi connectivity index (χ1n) is 9.54. The van der Waals surface area contributed by atoms with Crippen LogP contribution in [0.15, 0.2) is 71.8 Å². The van der Waals surface area contributed by atoms with Crippen molar-refractivity contribution in [2.75, 3.05) is 10.7 Å². The van der Waals surface area contributed by atoms with Crippen LogP contribution < -0.4 is 10.7 Å². The summed E-state index contributed by atoms with van der Waals surface area (Å²) >= 11 is 12.1. The number of anilines is 3. The molecule has 0 saturated carbocycles. The van der Waals surface area contributed by atoms with Crippen LogP contribution in [0.3, 0.4) is 0 Å². The highest BCUT2D eigenvalue weighted by Gasteiger charge is 2.16. The van der Waals surface area contributed by atoms with Gasteiger partial charge in [-0.2, -0.15) is 25.3 Å². The number of nitrogens with zero attached hydrogens (tertiary/aromatic N) is 5. The number of aromatic nitrogens is 3. The number of nitrogens with one attached hydrogen (secondary N) is 2. The second-order valence-electron chi connectivity index (χ2n) is 6.64. The van der Waals surface area contributed by atoms with E-state index < -0.39 is 5.82 Å². The first kappa shape index (κ1) is 22.1. The molecule has 0 unspecified atom stereocenters. The number of hydrogen-bond donors (Lipinski definition) is 2. The number of halogens is 3. The first-order chi connectivity index (χ1) is 16.0. The van der Waals surface area contributed by atoms with Crippen molar-refractivity contribution in [3.05, 3.63) is 93.7 Å². The molecule has 3 aromatic carbocycles. The highest BCUT2D eigenvalue weighted by Crippen LogP contribution is 2.29. The van der Waals surface area contributed by atoms with Crippen LogP contribution in [-0.2, 0) is 0 Å². The molecule has 0 amide bonds. The van der Waals surface area contributed by atoms with E-state index in [9.17, 15) is 4.39 Å². The standard InChI is InChI=1S/C23H14Cl2FN7/c24-16-8-10-17(11-9-16)29-22-30-21(20-18(25)2-1-3-19(20)26)31-23(32-22)33-28-13-15-6-4-14(12-27)5-7-15/h1-11,13H,(H2,29,30,31,32,33)/b28-13+. The molecular weight excluding hydrogens is 464 g/mol. The molecule has 162 valence electrons. The van der Waals surface area contributed by atoms with E-state index in [2.05, 4.69) is 36.9 Å². The van der Waals surface area contributed by atoms with Gasteiger partial charge in [0.2, 0.25) is 11.9 Å². The lowest BCUT2D eigenvalue weighted by molar-refractivity contribution is 0.630. The molecule has 7 nitrogen and oxygen atoms in total. The van der Waals surface area contributed by atoms with Gasteiger partial charge in [-0.15, -0.1) is 0 Å². The van der Waals surface area contributed by atoms with Crippen molar-refractivity contribution in [1.82, 2.24) is 15.0 Å². The van der Waals surface area contributed by atoms with E-state index in [0.29, 0.717) is 16.3 Å². The van der Waals surface area contributed by atoms with Gasteiger partial charge in [0.25, 0.3) is 0 Å². The summed E-state index contributed by atoms with van der Waals surface area (Å²) in [6.07, 6.45) is 1.53. The molecule has 0 fully saturated rings. The first-order valence-corrected chi connectivity index (χ1v) is 10.3. The zero-order valence-corrected chi connectivity index (χ0v) is 18.3. The zero-order valence-electron chi connectivity index (χ0n) is 16.8. The fourth-order valence-corrected chi connectivity index (χ4v) is 3.15. The summed E-state index contributed by atoms with van der Waals surface area (Å²) in [6, 6.07) is 20.1. The van der Waals surface area contributed by atoms with Crippen molar-refractivity contribution in [3.63, 3.8) is 0 Å². The second-order valence-corrected chi connectivity index (χ2v) is 7.48. The molecule has 4 aromatic rings. The molecule has 1 aromatic heterocycles. The Hall–Kier alpha value is -4.06. The maximum atomic E-state index is 14.5. The fraction of sp³-hybridized carbons (Fsp3) is 0. The Labute approximate surface area is 198 Å². The monoisotopic (exact) mass is 477 g/mol. The fourth-order valence-electron chi connectivity index (χ4n) is 2.78. The Bertz CT molecular complexity index is 1330. The quantitative estimate of drug-likeness (QED) is 0.259. The minimum absolute atomic E-state index is 0.0284. The Morgan fingerprint density at radius 3 is 2.33 bits per heavy atom. The highest BCUT2D eigenvalue weighted by atomic mass is 35.5. The molecule has 0 atom stereocenters. The number of benzene rings is 3. The lowest BCUT2D eigenvalue weighted by Crippen LogP contribution is -2.06. The molecule has 0 aliphatic rings. The molecule has 33 heavy (non-hydrogen) atoms. The van der Waals surface area contributed by atoms with Crippen LogP contribution in [0.5, 0.6) is 0 Å². The minimum Gasteiger partial charge on any atom is -0.324 e. The van der Waals surface area contributed by atoms with Gasteiger partial charge < -0.3 is 5.32 Å². The number of hydrazone groups is 1. The van der Waals surface area contributed by atoms with E-state index in [1.165, 1.54) is 18.3 Å². The average molecular weight is 478 g/mol. The normalized spacial score (nSPS) is 10.7. The van der Waals surface area contributed by atoms with Gasteiger partial charge >= 0.3 is 0 Å². The Kier molecular flexibility index (Phi) is 6.74. The van der Waals surface area contributed by atoms with Crippen LogP contribution in [0.2, 0.25) is 10.0 Å². The third kappa shape index (κ3) is 5.60. The van der Waals surface area contributed by atoms with Crippen LogP contribution in [0.1, 0.15) is 11.1 Å². The molecule has 0 aliphatic carbocycles. The summed E-state index contributed by atoms with van der Waals surface area (Å²) in [5.41, 5.74) is 4.73. The molecule has 4 rings (SSSR count). The molecule has 2 N–H and O–H groups in total. The van der Waals surface area contributed by atoms with E-state index >= 15 is 0 Å². The smallest absolute Gasteiger partial charge is 0.248 e. The Balaban J connectivity index is 1.66. The third-order valence-electron chi connectivity index (χ3n) is 4.34. The van der Waals surface area contributed by atoms with Crippen molar-refractivity contribution in [2.45, 2.75) is 0 Å². The predicted molar refractivity (Wildman–Crippen MR) is 127 cm³/mol. The van der Waals surface area contributed by atoms with Crippen molar-refractivity contribution >= 4 is 47.0 Å². The van der Waals surface area contributed by atoms with E-state index in [1.54, 1.807) is 54.6 Å². The predicted octanol–water partition coefficient (Wildman–Crippen LogP) is 6.05. The van der Waals surface area contributed by atoms with E-state index in [0.717, 1.165) is 5.56 Å². The molecule has 0 radical (unpaired) electrons. The molecule has 0 saturated heterocycles. The average Bonchev–Trinajstić information content (AvgIpc) is 2.81. The summed E-state index contributed by atoms with van der Waals surface area (Å²) in [5, 5.41) is 16.8. The summed E-state index contributed by atoms with van der Waals surface area (Å²) < 4.78 is 14.5. The van der Waals surface area contributed by atoms with Crippen LogP contribution in [0.25, 0.3) is 11.4 Å². The van der Waals surface area contributed by atoms with Gasteiger partial charge in [0.1, 0.15) is 5.82 Å². The van der Waals surface area contributed by atoms with Gasteiger partial charge in [0.05, 0.1) is 28.4 Å². The van der Waals surface area contributed by atoms with Crippen LogP contribution >= 0.6 is 23.2 Å². The number of nitriles is 1. The molecule has 0 aliphatic heterocycles. The Morgan fingerprint density at radius 1 is 0.909 bits per heavy atom. The van der Waals surface area contributed by atoms with Crippen LogP contribution in [0.4, 0.5) is 22.0 Å². The molecular formula is C23H14Cl2FN7. The van der Waals surface area contributed by atoms with Crippen molar-refractivity contribution in [1.29, 1.82) is 5.26 Å². The number of hydrogen-bond acceptors (Lipinski definition) is 7. The lowest BCUT2D eigenvalue weighted by Gasteiger charge is -2.10. The van der Waals surface area contributed by atoms with Gasteiger partial charge in [-0.25, -0.2) is 9.82 Å². The van der Waals surface area contributed by atoms with Crippen molar-refractivity contribution in [3.8, 4) is 17.5 Å². The van der Waals surface area contributed by atoms with E-state index in [1.807, 2.05) is 0 Å². The van der Waals surface area contributed by atoms with E-state index in [4.69, 9.17) is 28.5 Å². The van der Waals surface area contributed by atoms with Gasteiger partial charge in [-0.05, 0) is 54.1 Å². The van der Waals surface area contributed by atoms with Crippen molar-refractivity contribution < 1.29 is 4.39 Å². The largest absolute Gasteiger partial charge is 0.324 e. The van der Waals surface area contributed by atoms with E-state index in [-0.39, 0.29) is 28.3 Å². The van der Waals surface area contributed by atoms with Gasteiger partial charge in [-0.3, -0.25) is 0 Å².